The molecule has 2 rings (SSSR count). The van der Waals surface area contributed by atoms with Crippen molar-refractivity contribution in [3.8, 4) is 0 Å². The Morgan fingerprint density at radius 3 is 2.35 bits per heavy atom. The van der Waals surface area contributed by atoms with E-state index in [0.29, 0.717) is 6.04 Å². The standard InChI is InChI=1S/C16H25BrN2O/c1-4-12(2)18-7-9-19(10-8-18)16-6-5-14(13(3)20)11-15(16)17/h5-6,11-13,20H,4,7-10H2,1-3H3/t12?,13-/m0/s1. The molecule has 1 fully saturated rings. The molecule has 1 heterocycles. The topological polar surface area (TPSA) is 26.7 Å². The van der Waals surface area contributed by atoms with Gasteiger partial charge in [0.15, 0.2) is 0 Å². The summed E-state index contributed by atoms with van der Waals surface area (Å²) in [6.45, 7) is 10.7. The van der Waals surface area contributed by atoms with Gasteiger partial charge in [0, 0.05) is 36.7 Å². The van der Waals surface area contributed by atoms with Crippen LogP contribution in [-0.4, -0.2) is 42.2 Å². The minimum atomic E-state index is -0.414. The summed E-state index contributed by atoms with van der Waals surface area (Å²) in [5, 5.41) is 9.63. The fourth-order valence-corrected chi connectivity index (χ4v) is 3.35. The monoisotopic (exact) mass is 340 g/mol. The number of rotatable bonds is 4. The van der Waals surface area contributed by atoms with Crippen LogP contribution in [0.3, 0.4) is 0 Å². The van der Waals surface area contributed by atoms with Gasteiger partial charge in [0.05, 0.1) is 11.8 Å². The van der Waals surface area contributed by atoms with Gasteiger partial charge in [0.25, 0.3) is 0 Å². The minimum Gasteiger partial charge on any atom is -0.389 e. The van der Waals surface area contributed by atoms with Gasteiger partial charge in [-0.3, -0.25) is 4.90 Å². The van der Waals surface area contributed by atoms with Crippen LogP contribution in [0.25, 0.3) is 0 Å². The highest BCUT2D eigenvalue weighted by molar-refractivity contribution is 9.10. The summed E-state index contributed by atoms with van der Waals surface area (Å²) in [4.78, 5) is 4.99. The van der Waals surface area contributed by atoms with Crippen molar-refractivity contribution in [3.05, 3.63) is 28.2 Å². The van der Waals surface area contributed by atoms with E-state index in [1.54, 1.807) is 6.92 Å². The summed E-state index contributed by atoms with van der Waals surface area (Å²) in [5.41, 5.74) is 2.19. The van der Waals surface area contributed by atoms with Gasteiger partial charge in [-0.05, 0) is 53.9 Å². The second-order valence-corrected chi connectivity index (χ2v) is 6.52. The molecule has 1 saturated heterocycles. The zero-order valence-corrected chi connectivity index (χ0v) is 14.2. The molecule has 1 N–H and O–H groups in total. The number of hydrogen-bond acceptors (Lipinski definition) is 3. The molecule has 0 spiro atoms. The summed E-state index contributed by atoms with van der Waals surface area (Å²) in [5.74, 6) is 0. The molecule has 1 unspecified atom stereocenters. The van der Waals surface area contributed by atoms with Crippen molar-refractivity contribution in [3.63, 3.8) is 0 Å². The number of aliphatic hydroxyl groups excluding tert-OH is 1. The summed E-state index contributed by atoms with van der Waals surface area (Å²) in [6, 6.07) is 6.84. The van der Waals surface area contributed by atoms with Gasteiger partial charge in [0.1, 0.15) is 0 Å². The Kier molecular flexibility index (Phi) is 5.47. The molecule has 4 heteroatoms. The lowest BCUT2D eigenvalue weighted by molar-refractivity contribution is 0.192. The van der Waals surface area contributed by atoms with Gasteiger partial charge in [-0.25, -0.2) is 0 Å². The molecule has 0 bridgehead atoms. The highest BCUT2D eigenvalue weighted by Gasteiger charge is 2.21. The Labute approximate surface area is 130 Å². The van der Waals surface area contributed by atoms with Crippen molar-refractivity contribution in [2.24, 2.45) is 0 Å². The quantitative estimate of drug-likeness (QED) is 0.909. The third kappa shape index (κ3) is 3.54. The number of benzene rings is 1. The molecular formula is C16H25BrN2O. The van der Waals surface area contributed by atoms with Crippen LogP contribution in [0, 0.1) is 0 Å². The van der Waals surface area contributed by atoms with Crippen LogP contribution in [0.1, 0.15) is 38.9 Å². The lowest BCUT2D eigenvalue weighted by atomic mass is 10.1. The molecule has 0 aliphatic carbocycles. The van der Waals surface area contributed by atoms with E-state index in [9.17, 15) is 5.11 Å². The van der Waals surface area contributed by atoms with Gasteiger partial charge < -0.3 is 10.0 Å². The average molecular weight is 341 g/mol. The van der Waals surface area contributed by atoms with Gasteiger partial charge in [-0.2, -0.15) is 0 Å². The van der Waals surface area contributed by atoms with Gasteiger partial charge in [0.2, 0.25) is 0 Å². The van der Waals surface area contributed by atoms with Crippen molar-refractivity contribution in [2.45, 2.75) is 39.3 Å². The molecule has 20 heavy (non-hydrogen) atoms. The van der Waals surface area contributed by atoms with E-state index in [-0.39, 0.29) is 0 Å². The molecular weight excluding hydrogens is 316 g/mol. The molecule has 1 aromatic rings. The number of halogens is 1. The first-order valence-electron chi connectivity index (χ1n) is 7.49. The maximum atomic E-state index is 9.63. The minimum absolute atomic E-state index is 0.414. The van der Waals surface area contributed by atoms with Crippen molar-refractivity contribution in [1.82, 2.24) is 4.90 Å². The molecule has 1 aliphatic heterocycles. The van der Waals surface area contributed by atoms with Crippen LogP contribution in [0.4, 0.5) is 5.69 Å². The van der Waals surface area contributed by atoms with E-state index in [2.05, 4.69) is 45.6 Å². The Hall–Kier alpha value is -0.580. The Bertz CT molecular complexity index is 442. The number of anilines is 1. The van der Waals surface area contributed by atoms with E-state index in [4.69, 9.17) is 0 Å². The number of piperazine rings is 1. The third-order valence-corrected chi connectivity index (χ3v) is 4.96. The Morgan fingerprint density at radius 1 is 1.20 bits per heavy atom. The van der Waals surface area contributed by atoms with Crippen molar-refractivity contribution >= 4 is 21.6 Å². The smallest absolute Gasteiger partial charge is 0.0762 e. The normalized spacial score (nSPS) is 19.9. The maximum Gasteiger partial charge on any atom is 0.0762 e. The average Bonchev–Trinajstić information content (AvgIpc) is 2.46. The first-order valence-corrected chi connectivity index (χ1v) is 8.28. The van der Waals surface area contributed by atoms with E-state index >= 15 is 0 Å². The van der Waals surface area contributed by atoms with Gasteiger partial charge in [-0.1, -0.05) is 13.0 Å². The zero-order valence-electron chi connectivity index (χ0n) is 12.6. The van der Waals surface area contributed by atoms with Crippen LogP contribution in [0.5, 0.6) is 0 Å². The predicted molar refractivity (Wildman–Crippen MR) is 88.3 cm³/mol. The van der Waals surface area contributed by atoms with Crippen LogP contribution < -0.4 is 4.90 Å². The number of hydrogen-bond donors (Lipinski definition) is 1. The fraction of sp³-hybridized carbons (Fsp3) is 0.625. The second kappa shape index (κ2) is 6.92. The number of nitrogens with zero attached hydrogens (tertiary/aromatic N) is 2. The molecule has 0 aromatic heterocycles. The molecule has 112 valence electrons. The lowest BCUT2D eigenvalue weighted by Crippen LogP contribution is -2.49. The van der Waals surface area contributed by atoms with Crippen molar-refractivity contribution in [2.75, 3.05) is 31.1 Å². The fourth-order valence-electron chi connectivity index (χ4n) is 2.70. The van der Waals surface area contributed by atoms with Crippen LogP contribution in [0.2, 0.25) is 0 Å². The summed E-state index contributed by atoms with van der Waals surface area (Å²) >= 11 is 3.64. The van der Waals surface area contributed by atoms with Gasteiger partial charge in [-0.15, -0.1) is 0 Å². The molecule has 2 atom stereocenters. The van der Waals surface area contributed by atoms with E-state index in [0.717, 1.165) is 36.2 Å². The Morgan fingerprint density at radius 2 is 1.85 bits per heavy atom. The van der Waals surface area contributed by atoms with E-state index in [1.165, 1.54) is 12.1 Å². The number of aliphatic hydroxyl groups is 1. The summed E-state index contributed by atoms with van der Waals surface area (Å²) < 4.78 is 1.08. The zero-order chi connectivity index (χ0) is 14.7. The first-order chi connectivity index (χ1) is 9.52. The van der Waals surface area contributed by atoms with Crippen LogP contribution in [-0.2, 0) is 0 Å². The predicted octanol–water partition coefficient (Wildman–Crippen LogP) is 3.42. The van der Waals surface area contributed by atoms with E-state index in [1.807, 2.05) is 12.1 Å². The van der Waals surface area contributed by atoms with Crippen molar-refractivity contribution in [1.29, 1.82) is 0 Å². The van der Waals surface area contributed by atoms with Gasteiger partial charge >= 0.3 is 0 Å². The lowest BCUT2D eigenvalue weighted by Gasteiger charge is -2.39. The summed E-state index contributed by atoms with van der Waals surface area (Å²) in [6.07, 6.45) is 0.801. The molecule has 1 aromatic carbocycles. The molecule has 1 aliphatic rings. The molecule has 0 amide bonds. The molecule has 0 saturated carbocycles. The highest BCUT2D eigenvalue weighted by atomic mass is 79.9. The van der Waals surface area contributed by atoms with Crippen LogP contribution >= 0.6 is 15.9 Å². The second-order valence-electron chi connectivity index (χ2n) is 5.67. The largest absolute Gasteiger partial charge is 0.389 e. The molecule has 3 nitrogen and oxygen atoms in total. The van der Waals surface area contributed by atoms with Crippen LogP contribution in [0.15, 0.2) is 22.7 Å². The third-order valence-electron chi connectivity index (χ3n) is 4.32. The Balaban J connectivity index is 2.04. The maximum absolute atomic E-state index is 9.63. The first kappa shape index (κ1) is 15.8. The van der Waals surface area contributed by atoms with E-state index < -0.39 is 6.10 Å². The molecule has 0 radical (unpaired) electrons. The SMILES string of the molecule is CCC(C)N1CCN(c2ccc([C@H](C)O)cc2Br)CC1. The summed E-state index contributed by atoms with van der Waals surface area (Å²) in [7, 11) is 0. The highest BCUT2D eigenvalue weighted by Crippen LogP contribution is 2.30. The van der Waals surface area contributed by atoms with Crippen molar-refractivity contribution < 1.29 is 5.11 Å².